The quantitative estimate of drug-likeness (QED) is 0.910. The number of benzene rings is 1. The van der Waals surface area contributed by atoms with E-state index in [-0.39, 0.29) is 11.4 Å². The average Bonchev–Trinajstić information content (AvgIpc) is 3.17. The lowest BCUT2D eigenvalue weighted by molar-refractivity contribution is -0.140. The minimum Gasteiger partial charge on any atom is -0.353 e. The molecule has 6 heteroatoms. The number of rotatable bonds is 3. The third-order valence-electron chi connectivity index (χ3n) is 6.06. The molecule has 6 nitrogen and oxygen atoms in total. The zero-order chi connectivity index (χ0) is 18.1. The van der Waals surface area contributed by atoms with Gasteiger partial charge in [-0.15, -0.1) is 0 Å². The number of amides is 1. The standard InChI is InChI=1S/C20H27N5O/c1-16-14-18(25-10-3-8-22-25)5-4-17(16)15-24-11-6-20(7-12-24)19(26)21-9-13-23(20)2/h3-5,8,10,14H,6-7,9,11-13,15H2,1-2H3,(H,21,26). The molecule has 0 bridgehead atoms. The van der Waals surface area contributed by atoms with E-state index in [1.165, 1.54) is 11.1 Å². The summed E-state index contributed by atoms with van der Waals surface area (Å²) in [5, 5.41) is 7.36. The number of likely N-dealkylation sites (tertiary alicyclic amines) is 1. The van der Waals surface area contributed by atoms with Gasteiger partial charge in [0.1, 0.15) is 5.54 Å². The van der Waals surface area contributed by atoms with Gasteiger partial charge in [0.2, 0.25) is 5.91 Å². The normalized spacial score (nSPS) is 21.1. The van der Waals surface area contributed by atoms with E-state index < -0.39 is 0 Å². The first-order valence-corrected chi connectivity index (χ1v) is 9.40. The number of aryl methyl sites for hydroxylation is 1. The predicted molar refractivity (Wildman–Crippen MR) is 101 cm³/mol. The summed E-state index contributed by atoms with van der Waals surface area (Å²) < 4.78 is 1.89. The first-order valence-electron chi connectivity index (χ1n) is 9.40. The Morgan fingerprint density at radius 1 is 1.23 bits per heavy atom. The van der Waals surface area contributed by atoms with Crippen LogP contribution in [0.1, 0.15) is 24.0 Å². The molecule has 1 aromatic heterocycles. The van der Waals surface area contributed by atoms with E-state index in [1.54, 1.807) is 6.20 Å². The van der Waals surface area contributed by atoms with Crippen molar-refractivity contribution < 1.29 is 4.79 Å². The minimum absolute atomic E-state index is 0.214. The molecule has 3 heterocycles. The highest BCUT2D eigenvalue weighted by Gasteiger charge is 2.46. The molecule has 0 saturated carbocycles. The molecule has 26 heavy (non-hydrogen) atoms. The van der Waals surface area contributed by atoms with Crippen molar-refractivity contribution in [2.24, 2.45) is 0 Å². The van der Waals surface area contributed by atoms with Crippen molar-refractivity contribution >= 4 is 5.91 Å². The van der Waals surface area contributed by atoms with E-state index in [0.29, 0.717) is 0 Å². The Kier molecular flexibility index (Phi) is 4.54. The molecule has 0 aliphatic carbocycles. The number of piperidine rings is 1. The van der Waals surface area contributed by atoms with Gasteiger partial charge in [-0.05, 0) is 56.1 Å². The van der Waals surface area contributed by atoms with Gasteiger partial charge in [0.05, 0.1) is 5.69 Å². The van der Waals surface area contributed by atoms with Crippen molar-refractivity contribution in [2.45, 2.75) is 31.8 Å². The SMILES string of the molecule is Cc1cc(-n2cccn2)ccc1CN1CCC2(CC1)C(=O)NCCN2C. The summed E-state index contributed by atoms with van der Waals surface area (Å²) in [5.74, 6) is 0.214. The molecule has 2 aliphatic rings. The van der Waals surface area contributed by atoms with Gasteiger partial charge in [0.15, 0.2) is 0 Å². The molecule has 138 valence electrons. The monoisotopic (exact) mass is 353 g/mol. The number of likely N-dealkylation sites (N-methyl/N-ethyl adjacent to an activating group) is 1. The third-order valence-corrected chi connectivity index (χ3v) is 6.06. The zero-order valence-corrected chi connectivity index (χ0v) is 15.6. The molecular weight excluding hydrogens is 326 g/mol. The topological polar surface area (TPSA) is 53.4 Å². The predicted octanol–water partition coefficient (Wildman–Crippen LogP) is 1.58. The Bertz CT molecular complexity index is 778. The maximum atomic E-state index is 12.5. The molecule has 2 fully saturated rings. The Morgan fingerprint density at radius 2 is 2.04 bits per heavy atom. The molecule has 0 atom stereocenters. The summed E-state index contributed by atoms with van der Waals surface area (Å²) in [6, 6.07) is 8.46. The van der Waals surface area contributed by atoms with Crippen molar-refractivity contribution in [3.05, 3.63) is 47.8 Å². The second-order valence-electron chi connectivity index (χ2n) is 7.55. The van der Waals surface area contributed by atoms with Crippen LogP contribution in [0.4, 0.5) is 0 Å². The molecule has 1 amide bonds. The summed E-state index contributed by atoms with van der Waals surface area (Å²) in [6.45, 7) is 6.72. The maximum absolute atomic E-state index is 12.5. The van der Waals surface area contributed by atoms with E-state index in [9.17, 15) is 4.79 Å². The van der Waals surface area contributed by atoms with Crippen molar-refractivity contribution in [2.75, 3.05) is 33.2 Å². The van der Waals surface area contributed by atoms with E-state index in [4.69, 9.17) is 0 Å². The molecule has 4 rings (SSSR count). The zero-order valence-electron chi connectivity index (χ0n) is 15.6. The van der Waals surface area contributed by atoms with Crippen molar-refractivity contribution in [1.29, 1.82) is 0 Å². The third kappa shape index (κ3) is 3.04. The Labute approximate surface area is 154 Å². The van der Waals surface area contributed by atoms with Crippen LogP contribution in [0, 0.1) is 6.92 Å². The summed E-state index contributed by atoms with van der Waals surface area (Å²) in [5.41, 5.74) is 3.42. The largest absolute Gasteiger partial charge is 0.353 e. The highest BCUT2D eigenvalue weighted by atomic mass is 16.2. The van der Waals surface area contributed by atoms with Gasteiger partial charge in [-0.3, -0.25) is 14.6 Å². The molecule has 2 aromatic rings. The van der Waals surface area contributed by atoms with Crippen molar-refractivity contribution in [3.8, 4) is 5.69 Å². The van der Waals surface area contributed by atoms with Crippen molar-refractivity contribution in [1.82, 2.24) is 24.9 Å². The molecular formula is C20H27N5O. The Balaban J connectivity index is 1.42. The van der Waals surface area contributed by atoms with Gasteiger partial charge in [-0.2, -0.15) is 5.10 Å². The summed E-state index contributed by atoms with van der Waals surface area (Å²) in [6.07, 6.45) is 5.56. The fourth-order valence-electron chi connectivity index (χ4n) is 4.24. The van der Waals surface area contributed by atoms with Crippen LogP contribution in [0.2, 0.25) is 0 Å². The fraction of sp³-hybridized carbons (Fsp3) is 0.500. The lowest BCUT2D eigenvalue weighted by Gasteiger charge is -2.48. The highest BCUT2D eigenvalue weighted by molar-refractivity contribution is 5.87. The molecule has 0 radical (unpaired) electrons. The summed E-state index contributed by atoms with van der Waals surface area (Å²) in [4.78, 5) is 17.2. The number of carbonyl (C=O) groups excluding carboxylic acids is 1. The Hall–Kier alpha value is -2.18. The number of carbonyl (C=O) groups is 1. The molecule has 1 spiro atoms. The van der Waals surface area contributed by atoms with Crippen LogP contribution in [0.5, 0.6) is 0 Å². The molecule has 1 aromatic carbocycles. The van der Waals surface area contributed by atoms with Crippen LogP contribution in [0.25, 0.3) is 5.69 Å². The number of aromatic nitrogens is 2. The van der Waals surface area contributed by atoms with Gasteiger partial charge >= 0.3 is 0 Å². The number of hydrogen-bond acceptors (Lipinski definition) is 4. The first-order chi connectivity index (χ1) is 12.6. The number of hydrogen-bond donors (Lipinski definition) is 1. The van der Waals surface area contributed by atoms with Crippen LogP contribution < -0.4 is 5.32 Å². The summed E-state index contributed by atoms with van der Waals surface area (Å²) >= 11 is 0. The molecule has 1 N–H and O–H groups in total. The second kappa shape index (κ2) is 6.85. The van der Waals surface area contributed by atoms with Crippen molar-refractivity contribution in [3.63, 3.8) is 0 Å². The first kappa shape index (κ1) is 17.2. The lowest BCUT2D eigenvalue weighted by atomic mass is 9.83. The maximum Gasteiger partial charge on any atom is 0.240 e. The number of nitrogens with zero attached hydrogens (tertiary/aromatic N) is 4. The van der Waals surface area contributed by atoms with E-state index in [2.05, 4.69) is 52.4 Å². The molecule has 2 saturated heterocycles. The minimum atomic E-state index is -0.298. The lowest BCUT2D eigenvalue weighted by Crippen LogP contribution is -2.66. The van der Waals surface area contributed by atoms with Crippen LogP contribution >= 0.6 is 0 Å². The van der Waals surface area contributed by atoms with Crippen LogP contribution in [0.15, 0.2) is 36.7 Å². The van der Waals surface area contributed by atoms with Gasteiger partial charge in [0.25, 0.3) is 0 Å². The summed E-state index contributed by atoms with van der Waals surface area (Å²) in [7, 11) is 2.09. The number of nitrogens with one attached hydrogen (secondary N) is 1. The van der Waals surface area contributed by atoms with Gasteiger partial charge in [0, 0.05) is 45.1 Å². The van der Waals surface area contributed by atoms with Gasteiger partial charge < -0.3 is 5.32 Å². The average molecular weight is 353 g/mol. The van der Waals surface area contributed by atoms with Gasteiger partial charge in [-0.1, -0.05) is 6.07 Å². The van der Waals surface area contributed by atoms with E-state index >= 15 is 0 Å². The van der Waals surface area contributed by atoms with Gasteiger partial charge in [-0.25, -0.2) is 4.68 Å². The smallest absolute Gasteiger partial charge is 0.240 e. The van der Waals surface area contributed by atoms with Crippen LogP contribution in [0.3, 0.4) is 0 Å². The fourth-order valence-corrected chi connectivity index (χ4v) is 4.24. The molecule has 2 aliphatic heterocycles. The number of piperazine rings is 1. The second-order valence-corrected chi connectivity index (χ2v) is 7.55. The van der Waals surface area contributed by atoms with Crippen LogP contribution in [-0.2, 0) is 11.3 Å². The highest BCUT2D eigenvalue weighted by Crippen LogP contribution is 2.31. The van der Waals surface area contributed by atoms with E-state index in [0.717, 1.165) is 51.3 Å². The Morgan fingerprint density at radius 3 is 2.69 bits per heavy atom. The van der Waals surface area contributed by atoms with E-state index in [1.807, 2.05) is 16.9 Å². The van der Waals surface area contributed by atoms with Crippen LogP contribution in [-0.4, -0.2) is 64.3 Å². The molecule has 0 unspecified atom stereocenters.